The van der Waals surface area contributed by atoms with Crippen LogP contribution >= 0.6 is 0 Å². The van der Waals surface area contributed by atoms with E-state index in [2.05, 4.69) is 18.7 Å². The van der Waals surface area contributed by atoms with Crippen LogP contribution in [0.1, 0.15) is 34.1 Å². The summed E-state index contributed by atoms with van der Waals surface area (Å²) < 4.78 is 16.5. The van der Waals surface area contributed by atoms with E-state index >= 15 is 0 Å². The van der Waals surface area contributed by atoms with E-state index in [9.17, 15) is 0 Å². The number of nitrogens with two attached hydrogens (primary N) is 1. The molecule has 0 fully saturated rings. The molecule has 0 aliphatic heterocycles. The van der Waals surface area contributed by atoms with Gasteiger partial charge in [0.2, 0.25) is 0 Å². The molecule has 0 radical (unpaired) electrons. The summed E-state index contributed by atoms with van der Waals surface area (Å²) >= 11 is 0. The van der Waals surface area contributed by atoms with Crippen LogP contribution in [0.2, 0.25) is 0 Å². The third-order valence-corrected chi connectivity index (χ3v) is 3.52. The maximum Gasteiger partial charge on any atom is 0.0638 e. The van der Waals surface area contributed by atoms with E-state index in [1.54, 1.807) is 7.11 Å². The molecule has 5 heteroatoms. The fourth-order valence-corrected chi connectivity index (χ4v) is 2.14. The minimum atomic E-state index is -0.167. The van der Waals surface area contributed by atoms with Crippen molar-refractivity contribution in [3.8, 4) is 0 Å². The molecule has 1 unspecified atom stereocenters. The van der Waals surface area contributed by atoms with Crippen LogP contribution < -0.4 is 5.73 Å². The third-order valence-electron chi connectivity index (χ3n) is 3.52. The van der Waals surface area contributed by atoms with Crippen molar-refractivity contribution < 1.29 is 14.2 Å². The molecule has 0 aromatic carbocycles. The van der Waals surface area contributed by atoms with Gasteiger partial charge in [0.25, 0.3) is 0 Å². The van der Waals surface area contributed by atoms with Crippen LogP contribution in [0.4, 0.5) is 0 Å². The number of ether oxygens (including phenoxy) is 3. The Hall–Kier alpha value is -0.200. The summed E-state index contributed by atoms with van der Waals surface area (Å²) in [6.45, 7) is 13.5. The van der Waals surface area contributed by atoms with Crippen molar-refractivity contribution >= 4 is 0 Å². The lowest BCUT2D eigenvalue weighted by Gasteiger charge is -2.35. The van der Waals surface area contributed by atoms with Crippen LogP contribution in [0.5, 0.6) is 0 Å². The first-order valence-electron chi connectivity index (χ1n) is 7.65. The maximum absolute atomic E-state index is 5.97. The second-order valence-corrected chi connectivity index (χ2v) is 5.49. The molecule has 0 saturated carbocycles. The first-order valence-corrected chi connectivity index (χ1v) is 7.65. The summed E-state index contributed by atoms with van der Waals surface area (Å²) in [6, 6.07) is 0.283. The molecule has 0 saturated heterocycles. The van der Waals surface area contributed by atoms with Crippen LogP contribution in [0.25, 0.3) is 0 Å². The summed E-state index contributed by atoms with van der Waals surface area (Å²) in [5.74, 6) is 0. The van der Waals surface area contributed by atoms with E-state index in [4.69, 9.17) is 19.9 Å². The normalized spacial score (nSPS) is 13.9. The number of hydrogen-bond acceptors (Lipinski definition) is 5. The van der Waals surface area contributed by atoms with Gasteiger partial charge in [-0.2, -0.15) is 0 Å². The molecule has 0 heterocycles. The molecule has 0 amide bonds. The van der Waals surface area contributed by atoms with Gasteiger partial charge in [0.05, 0.1) is 18.8 Å². The monoisotopic (exact) mass is 290 g/mol. The summed E-state index contributed by atoms with van der Waals surface area (Å²) in [7, 11) is 1.75. The Morgan fingerprint density at radius 3 is 1.90 bits per heavy atom. The average molecular weight is 290 g/mol. The Morgan fingerprint density at radius 2 is 1.55 bits per heavy atom. The molecule has 0 spiro atoms. The molecule has 0 aromatic heterocycles. The van der Waals surface area contributed by atoms with Crippen LogP contribution in [0.3, 0.4) is 0 Å². The third kappa shape index (κ3) is 8.87. The van der Waals surface area contributed by atoms with E-state index < -0.39 is 0 Å². The molecular formula is C15H34N2O3. The van der Waals surface area contributed by atoms with Gasteiger partial charge in [0.15, 0.2) is 0 Å². The highest BCUT2D eigenvalue weighted by Crippen LogP contribution is 2.18. The number of rotatable bonds is 13. The molecule has 0 rings (SSSR count). The van der Waals surface area contributed by atoms with E-state index in [0.717, 1.165) is 45.9 Å². The maximum atomic E-state index is 5.97. The average Bonchev–Trinajstić information content (AvgIpc) is 2.44. The van der Waals surface area contributed by atoms with Crippen LogP contribution in [0.15, 0.2) is 0 Å². The predicted molar refractivity (Wildman–Crippen MR) is 83.1 cm³/mol. The lowest BCUT2D eigenvalue weighted by Crippen LogP contribution is -2.47. The second kappa shape index (κ2) is 11.5. The molecule has 1 atom stereocenters. The SMILES string of the molecule is CCOCCN(CCOCC)C(CN)CC(C)(C)OC. The number of nitrogens with zero attached hydrogens (tertiary/aromatic N) is 1. The Morgan fingerprint density at radius 1 is 1.05 bits per heavy atom. The molecular weight excluding hydrogens is 256 g/mol. The molecule has 20 heavy (non-hydrogen) atoms. The Bertz CT molecular complexity index is 215. The number of methoxy groups -OCH3 is 1. The minimum absolute atomic E-state index is 0.167. The Balaban J connectivity index is 4.49. The predicted octanol–water partition coefficient (Wildman–Crippen LogP) is 1.50. The molecule has 2 N–H and O–H groups in total. The first kappa shape index (κ1) is 19.8. The standard InChI is InChI=1S/C15H34N2O3/c1-6-19-10-8-17(9-11-20-7-2)14(13-16)12-15(3,4)18-5/h14H,6-13,16H2,1-5H3. The highest BCUT2D eigenvalue weighted by molar-refractivity contribution is 4.81. The summed E-state index contributed by atoms with van der Waals surface area (Å²) in [5.41, 5.74) is 5.80. The van der Waals surface area contributed by atoms with Gasteiger partial charge in [0.1, 0.15) is 0 Å². The van der Waals surface area contributed by atoms with Crippen molar-refractivity contribution in [1.29, 1.82) is 0 Å². The van der Waals surface area contributed by atoms with Crippen molar-refractivity contribution in [2.75, 3.05) is 53.2 Å². The number of hydrogen-bond donors (Lipinski definition) is 1. The van der Waals surface area contributed by atoms with Gasteiger partial charge in [-0.25, -0.2) is 0 Å². The van der Waals surface area contributed by atoms with Gasteiger partial charge in [-0.3, -0.25) is 4.90 Å². The fraction of sp³-hybridized carbons (Fsp3) is 1.00. The van der Waals surface area contributed by atoms with Crippen LogP contribution in [-0.4, -0.2) is 69.7 Å². The molecule has 0 bridgehead atoms. The zero-order chi connectivity index (χ0) is 15.4. The van der Waals surface area contributed by atoms with E-state index in [1.807, 2.05) is 13.8 Å². The Labute approximate surface area is 124 Å². The van der Waals surface area contributed by atoms with Crippen molar-refractivity contribution in [2.24, 2.45) is 5.73 Å². The lowest BCUT2D eigenvalue weighted by molar-refractivity contribution is -0.0160. The molecule has 0 aliphatic rings. The molecule has 122 valence electrons. The van der Waals surface area contributed by atoms with E-state index in [0.29, 0.717) is 6.54 Å². The Kier molecular flexibility index (Phi) is 11.3. The van der Waals surface area contributed by atoms with Gasteiger partial charge in [0, 0.05) is 46.0 Å². The minimum Gasteiger partial charge on any atom is -0.380 e. The van der Waals surface area contributed by atoms with Gasteiger partial charge >= 0.3 is 0 Å². The zero-order valence-corrected chi connectivity index (χ0v) is 14.0. The van der Waals surface area contributed by atoms with Crippen molar-refractivity contribution in [2.45, 2.75) is 45.8 Å². The summed E-state index contributed by atoms with van der Waals surface area (Å²) in [6.07, 6.45) is 0.901. The van der Waals surface area contributed by atoms with Gasteiger partial charge in [-0.15, -0.1) is 0 Å². The van der Waals surface area contributed by atoms with Crippen molar-refractivity contribution in [1.82, 2.24) is 4.90 Å². The molecule has 5 nitrogen and oxygen atoms in total. The highest BCUT2D eigenvalue weighted by Gasteiger charge is 2.26. The van der Waals surface area contributed by atoms with Crippen LogP contribution in [0, 0.1) is 0 Å². The second-order valence-electron chi connectivity index (χ2n) is 5.49. The van der Waals surface area contributed by atoms with E-state index in [-0.39, 0.29) is 11.6 Å². The summed E-state index contributed by atoms with van der Waals surface area (Å²) in [4.78, 5) is 2.35. The van der Waals surface area contributed by atoms with Gasteiger partial charge < -0.3 is 19.9 Å². The quantitative estimate of drug-likeness (QED) is 0.521. The summed E-state index contributed by atoms with van der Waals surface area (Å²) in [5, 5.41) is 0. The smallest absolute Gasteiger partial charge is 0.0638 e. The molecule has 0 aromatic rings. The van der Waals surface area contributed by atoms with Gasteiger partial charge in [-0.05, 0) is 34.1 Å². The van der Waals surface area contributed by atoms with Crippen molar-refractivity contribution in [3.63, 3.8) is 0 Å². The first-order chi connectivity index (χ1) is 9.50. The topological polar surface area (TPSA) is 57.0 Å². The molecule has 0 aliphatic carbocycles. The zero-order valence-electron chi connectivity index (χ0n) is 14.0. The highest BCUT2D eigenvalue weighted by atomic mass is 16.5. The lowest BCUT2D eigenvalue weighted by atomic mass is 9.97. The largest absolute Gasteiger partial charge is 0.380 e. The van der Waals surface area contributed by atoms with Crippen molar-refractivity contribution in [3.05, 3.63) is 0 Å². The fourth-order valence-electron chi connectivity index (χ4n) is 2.14. The van der Waals surface area contributed by atoms with E-state index in [1.165, 1.54) is 0 Å². The van der Waals surface area contributed by atoms with Crippen LogP contribution in [-0.2, 0) is 14.2 Å². The van der Waals surface area contributed by atoms with Gasteiger partial charge in [-0.1, -0.05) is 0 Å².